The summed E-state index contributed by atoms with van der Waals surface area (Å²) in [6, 6.07) is 6.82. The number of rotatable bonds is 9. The molecule has 1 aromatic heterocycles. The largest absolute Gasteiger partial charge is 0.421 e. The summed E-state index contributed by atoms with van der Waals surface area (Å²) < 4.78 is 40.9. The zero-order valence-corrected chi connectivity index (χ0v) is 21.9. The number of benzene rings is 1. The summed E-state index contributed by atoms with van der Waals surface area (Å²) in [4.78, 5) is 26.7. The number of fused-ring (bicyclic) bond motifs is 1. The Morgan fingerprint density at radius 3 is 2.76 bits per heavy atom. The molecule has 0 spiro atoms. The molecule has 3 aliphatic rings. The summed E-state index contributed by atoms with van der Waals surface area (Å²) in [5, 5.41) is 5.97. The minimum Gasteiger partial charge on any atom is -0.369 e. The summed E-state index contributed by atoms with van der Waals surface area (Å²) in [6.07, 6.45) is 1.44. The van der Waals surface area contributed by atoms with Gasteiger partial charge in [-0.3, -0.25) is 9.69 Å². The monoisotopic (exact) mass is 531 g/mol. The van der Waals surface area contributed by atoms with Gasteiger partial charge in [-0.1, -0.05) is 6.92 Å². The van der Waals surface area contributed by atoms with E-state index in [1.54, 1.807) is 4.90 Å². The summed E-state index contributed by atoms with van der Waals surface area (Å²) >= 11 is 0. The molecule has 0 saturated carbocycles. The predicted octanol–water partition coefficient (Wildman–Crippen LogP) is 4.51. The number of hydrogen-bond donors (Lipinski definition) is 2. The molecular weight excluding hydrogens is 495 g/mol. The number of aromatic nitrogens is 2. The van der Waals surface area contributed by atoms with Gasteiger partial charge >= 0.3 is 6.18 Å². The highest BCUT2D eigenvalue weighted by Crippen LogP contribution is 2.35. The van der Waals surface area contributed by atoms with E-state index in [9.17, 15) is 18.0 Å². The molecule has 0 radical (unpaired) electrons. The predicted molar refractivity (Wildman–Crippen MR) is 142 cm³/mol. The average Bonchev–Trinajstić information content (AvgIpc) is 3.54. The zero-order chi connectivity index (χ0) is 26.7. The number of halogens is 3. The molecule has 38 heavy (non-hydrogen) atoms. The van der Waals surface area contributed by atoms with Gasteiger partial charge in [-0.2, -0.15) is 18.2 Å². The number of hydrogen-bond acceptors (Lipinski definition) is 7. The molecule has 1 amide bonds. The van der Waals surface area contributed by atoms with Gasteiger partial charge in [-0.15, -0.1) is 0 Å². The molecule has 4 heterocycles. The molecular formula is C27H36F3N7O. The fourth-order valence-corrected chi connectivity index (χ4v) is 5.74. The van der Waals surface area contributed by atoms with Crippen LogP contribution in [0.2, 0.25) is 0 Å². The van der Waals surface area contributed by atoms with Gasteiger partial charge in [0.05, 0.1) is 0 Å². The van der Waals surface area contributed by atoms with E-state index in [1.807, 2.05) is 6.07 Å². The molecule has 1 unspecified atom stereocenters. The second-order valence-electron chi connectivity index (χ2n) is 10.3. The van der Waals surface area contributed by atoms with Crippen LogP contribution in [0.15, 0.2) is 24.4 Å². The lowest BCUT2D eigenvalue weighted by Gasteiger charge is -2.39. The van der Waals surface area contributed by atoms with Gasteiger partial charge in [0.2, 0.25) is 11.9 Å². The first-order valence-corrected chi connectivity index (χ1v) is 13.7. The molecule has 1 atom stereocenters. The molecule has 11 heteroatoms. The van der Waals surface area contributed by atoms with E-state index < -0.39 is 11.7 Å². The Hall–Kier alpha value is -3.08. The Balaban J connectivity index is 1.27. The normalized spacial score (nSPS) is 20.2. The second kappa shape index (κ2) is 11.3. The number of aryl methyl sites for hydroxylation is 1. The van der Waals surface area contributed by atoms with E-state index in [2.05, 4.69) is 49.5 Å². The Morgan fingerprint density at radius 2 is 2.00 bits per heavy atom. The molecule has 3 aliphatic heterocycles. The minimum absolute atomic E-state index is 0.105. The van der Waals surface area contributed by atoms with Crippen LogP contribution in [-0.4, -0.2) is 77.5 Å². The quantitative estimate of drug-likeness (QED) is 0.461. The first kappa shape index (κ1) is 26.5. The lowest BCUT2D eigenvalue weighted by Crippen LogP contribution is -2.50. The number of carbonyl (C=O) groups is 1. The lowest BCUT2D eigenvalue weighted by atomic mass is 10.1. The number of nitrogens with zero attached hydrogens (tertiary/aromatic N) is 5. The van der Waals surface area contributed by atoms with E-state index in [0.717, 1.165) is 49.9 Å². The van der Waals surface area contributed by atoms with Crippen molar-refractivity contribution in [2.24, 2.45) is 0 Å². The first-order chi connectivity index (χ1) is 18.3. The highest BCUT2D eigenvalue weighted by atomic mass is 19.4. The highest BCUT2D eigenvalue weighted by Gasteiger charge is 2.35. The SMILES string of the molecule is CCc1cc(N2CCN3CCCC3C2)ccc1Nc1ncc(C(F)(F)F)c(NCCCN2CCCC2=O)n1. The third-order valence-corrected chi connectivity index (χ3v) is 7.83. The van der Waals surface area contributed by atoms with Gasteiger partial charge in [-0.05, 0) is 62.4 Å². The standard InChI is InChI=1S/C27H36F3N7O/c1-2-19-16-20(37-15-14-35-11-3-6-21(35)18-37)8-9-23(19)33-26-32-17-22(27(28,29)30)25(34-26)31-10-5-13-36-12-4-7-24(36)38/h8-9,16-17,21H,2-7,10-15,18H2,1H3,(H2,31,32,33,34). The maximum Gasteiger partial charge on any atom is 0.421 e. The molecule has 5 rings (SSSR count). The van der Waals surface area contributed by atoms with Crippen molar-refractivity contribution >= 4 is 29.0 Å². The molecule has 3 saturated heterocycles. The topological polar surface area (TPSA) is 76.6 Å². The van der Waals surface area contributed by atoms with Crippen LogP contribution in [-0.2, 0) is 17.4 Å². The number of likely N-dealkylation sites (tertiary alicyclic amines) is 1. The summed E-state index contributed by atoms with van der Waals surface area (Å²) in [5.41, 5.74) is 2.11. The number of piperazine rings is 1. The Bertz CT molecular complexity index is 1140. The fraction of sp³-hybridized carbons (Fsp3) is 0.593. The van der Waals surface area contributed by atoms with Crippen molar-refractivity contribution in [3.05, 3.63) is 35.5 Å². The van der Waals surface area contributed by atoms with Crippen molar-refractivity contribution in [3.63, 3.8) is 0 Å². The van der Waals surface area contributed by atoms with Crippen molar-refractivity contribution in [2.45, 2.75) is 57.7 Å². The third kappa shape index (κ3) is 5.98. The molecule has 0 bridgehead atoms. The van der Waals surface area contributed by atoms with Crippen LogP contribution in [0.1, 0.15) is 50.2 Å². The van der Waals surface area contributed by atoms with Crippen molar-refractivity contribution in [2.75, 3.05) is 61.3 Å². The van der Waals surface area contributed by atoms with Crippen LogP contribution in [0.4, 0.5) is 36.3 Å². The smallest absolute Gasteiger partial charge is 0.369 e. The van der Waals surface area contributed by atoms with E-state index in [1.165, 1.54) is 25.1 Å². The molecule has 2 N–H and O–H groups in total. The van der Waals surface area contributed by atoms with E-state index >= 15 is 0 Å². The number of anilines is 4. The van der Waals surface area contributed by atoms with E-state index in [-0.39, 0.29) is 24.2 Å². The second-order valence-corrected chi connectivity index (χ2v) is 10.3. The maximum atomic E-state index is 13.6. The number of nitrogens with one attached hydrogen (secondary N) is 2. The third-order valence-electron chi connectivity index (χ3n) is 7.83. The van der Waals surface area contributed by atoms with Gasteiger partial charge in [0, 0.05) is 69.3 Å². The average molecular weight is 532 g/mol. The van der Waals surface area contributed by atoms with E-state index in [4.69, 9.17) is 0 Å². The van der Waals surface area contributed by atoms with Crippen molar-refractivity contribution in [1.82, 2.24) is 19.8 Å². The van der Waals surface area contributed by atoms with Crippen LogP contribution < -0.4 is 15.5 Å². The molecule has 206 valence electrons. The van der Waals surface area contributed by atoms with Gasteiger partial charge in [0.1, 0.15) is 11.4 Å². The van der Waals surface area contributed by atoms with Gasteiger partial charge in [0.25, 0.3) is 0 Å². The number of carbonyl (C=O) groups excluding carboxylic acids is 1. The van der Waals surface area contributed by atoms with Gasteiger partial charge < -0.3 is 20.4 Å². The fourth-order valence-electron chi connectivity index (χ4n) is 5.74. The molecule has 8 nitrogen and oxygen atoms in total. The van der Waals surface area contributed by atoms with Gasteiger partial charge in [0.15, 0.2) is 0 Å². The minimum atomic E-state index is -4.58. The first-order valence-electron chi connectivity index (χ1n) is 13.7. The Labute approximate surface area is 221 Å². The molecule has 0 aliphatic carbocycles. The maximum absolute atomic E-state index is 13.6. The summed E-state index contributed by atoms with van der Waals surface area (Å²) in [7, 11) is 0. The van der Waals surface area contributed by atoms with Crippen LogP contribution in [0.3, 0.4) is 0 Å². The molecule has 1 aromatic carbocycles. The Kier molecular flexibility index (Phi) is 7.92. The van der Waals surface area contributed by atoms with Crippen molar-refractivity contribution in [1.29, 1.82) is 0 Å². The van der Waals surface area contributed by atoms with Crippen LogP contribution in [0.25, 0.3) is 0 Å². The van der Waals surface area contributed by atoms with Gasteiger partial charge in [-0.25, -0.2) is 4.98 Å². The Morgan fingerprint density at radius 1 is 1.13 bits per heavy atom. The number of alkyl halides is 3. The van der Waals surface area contributed by atoms with E-state index in [0.29, 0.717) is 32.0 Å². The van der Waals surface area contributed by atoms with Crippen molar-refractivity contribution < 1.29 is 18.0 Å². The van der Waals surface area contributed by atoms with Crippen molar-refractivity contribution in [3.8, 4) is 0 Å². The summed E-state index contributed by atoms with van der Waals surface area (Å²) in [5.74, 6) is -0.0443. The zero-order valence-electron chi connectivity index (χ0n) is 21.9. The number of amides is 1. The van der Waals surface area contributed by atoms with Crippen LogP contribution in [0.5, 0.6) is 0 Å². The molecule has 2 aromatic rings. The van der Waals surface area contributed by atoms with Crippen LogP contribution in [0, 0.1) is 0 Å². The lowest BCUT2D eigenvalue weighted by molar-refractivity contribution is -0.137. The van der Waals surface area contributed by atoms with Crippen LogP contribution >= 0.6 is 0 Å². The highest BCUT2D eigenvalue weighted by molar-refractivity contribution is 5.78. The summed E-state index contributed by atoms with van der Waals surface area (Å²) in [6.45, 7) is 7.86. The molecule has 3 fully saturated rings.